The zero-order valence-corrected chi connectivity index (χ0v) is 23.1. The summed E-state index contributed by atoms with van der Waals surface area (Å²) in [5.74, 6) is -35.0. The summed E-state index contributed by atoms with van der Waals surface area (Å²) in [6, 6.07) is 0. The summed E-state index contributed by atoms with van der Waals surface area (Å²) < 4.78 is 235. The van der Waals surface area contributed by atoms with Gasteiger partial charge in [0.1, 0.15) is 17.0 Å². The fourth-order valence-corrected chi connectivity index (χ4v) is 5.13. The van der Waals surface area contributed by atoms with Crippen molar-refractivity contribution < 1.29 is 79.2 Å². The molecule has 242 valence electrons. The molecule has 0 aliphatic rings. The predicted molar refractivity (Wildman–Crippen MR) is 124 cm³/mol. The summed E-state index contributed by atoms with van der Waals surface area (Å²) in [7, 11) is -6.35. The smallest absolute Gasteiger partial charge is 0.400 e. The van der Waals surface area contributed by atoms with Crippen molar-refractivity contribution in [3.05, 3.63) is 83.8 Å². The maximum Gasteiger partial charge on any atom is 0.573 e. The van der Waals surface area contributed by atoms with Crippen LogP contribution in [0, 0.1) is 64.0 Å². The van der Waals surface area contributed by atoms with Crippen LogP contribution in [0.1, 0.15) is 0 Å². The maximum absolute atomic E-state index is 15.8. The third kappa shape index (κ3) is 5.16. The first kappa shape index (κ1) is 34.2. The molecule has 4 aromatic rings. The monoisotopic (exact) mass is 771 g/mol. The molecule has 3 aromatic carbocycles. The summed E-state index contributed by atoms with van der Waals surface area (Å²) in [4.78, 5) is 10.6. The lowest BCUT2D eigenvalue weighted by Gasteiger charge is -2.22. The van der Waals surface area contributed by atoms with E-state index in [0.717, 1.165) is 0 Å². The highest BCUT2D eigenvalue weighted by atomic mass is 79.9. The molecule has 0 atom stereocenters. The van der Waals surface area contributed by atoms with Gasteiger partial charge >= 0.3 is 16.5 Å². The molecular weight excluding hydrogens is 772 g/mol. The van der Waals surface area contributed by atoms with E-state index in [1.807, 2.05) is 0 Å². The van der Waals surface area contributed by atoms with Crippen molar-refractivity contribution in [2.45, 2.75) is 11.3 Å². The Kier molecular flexibility index (Phi) is 8.38. The first-order valence-corrected chi connectivity index (χ1v) is 13.1. The third-order valence-electron chi connectivity index (χ3n) is 5.69. The average molecular weight is 773 g/mol. The lowest BCUT2D eigenvalue weighted by molar-refractivity contribution is -0.275. The highest BCUT2D eigenvalue weighted by Gasteiger charge is 2.41. The Morgan fingerprint density at radius 3 is 1.64 bits per heavy atom. The number of nitrogens with zero attached hydrogens (tertiary/aromatic N) is 1. The number of aromatic nitrogens is 1. The van der Waals surface area contributed by atoms with Gasteiger partial charge in [-0.15, -0.1) is 13.2 Å². The molecule has 1 aromatic heterocycles. The molecule has 1 heterocycles. The standard InChI is InChI=1S/C22HBrClF14NO5S/c23-4-5(24)11(30)18(19(10(4)29)44-22(36,37)38)39-17-3(9(28)20(45(41,42)43)16(35)15(17)34)6(25)2(21(39)40)1-7(26)12(31)14(33)13(32)8(1)27/h(H,41,42,43). The van der Waals surface area contributed by atoms with Gasteiger partial charge in [-0.25, -0.2) is 48.3 Å². The average Bonchev–Trinajstić information content (AvgIpc) is 2.92. The van der Waals surface area contributed by atoms with Crippen LogP contribution in [0.4, 0.5) is 61.5 Å². The van der Waals surface area contributed by atoms with Gasteiger partial charge < -0.3 is 4.74 Å². The van der Waals surface area contributed by atoms with E-state index < -0.39 is 138 Å². The minimum atomic E-state index is -6.35. The predicted octanol–water partition coefficient (Wildman–Crippen LogP) is 7.75. The van der Waals surface area contributed by atoms with E-state index in [1.165, 1.54) is 0 Å². The fourth-order valence-electron chi connectivity index (χ4n) is 3.96. The molecule has 0 saturated heterocycles. The first-order valence-electron chi connectivity index (χ1n) is 10.5. The number of hydrogen-bond acceptors (Lipinski definition) is 4. The minimum Gasteiger partial charge on any atom is -0.400 e. The number of rotatable bonds is 4. The van der Waals surface area contributed by atoms with Gasteiger partial charge in [-0.1, -0.05) is 11.6 Å². The summed E-state index contributed by atoms with van der Waals surface area (Å²) in [6.45, 7) is 0. The second-order valence-corrected chi connectivity index (χ2v) is 10.8. The molecule has 4 rings (SSSR count). The molecule has 1 N–H and O–H groups in total. The Bertz CT molecular complexity index is 2140. The number of hydrogen-bond donors (Lipinski definition) is 1. The van der Waals surface area contributed by atoms with Gasteiger partial charge in [0.15, 0.2) is 63.0 Å². The molecule has 0 bridgehead atoms. The van der Waals surface area contributed by atoms with Crippen molar-refractivity contribution >= 4 is 48.6 Å². The normalized spacial score (nSPS) is 12.4. The maximum atomic E-state index is 15.8. The largest absolute Gasteiger partial charge is 0.573 e. The third-order valence-corrected chi connectivity index (χ3v) is 7.90. The summed E-state index contributed by atoms with van der Waals surface area (Å²) in [5.41, 5.74) is -13.4. The van der Waals surface area contributed by atoms with E-state index in [9.17, 15) is 57.1 Å². The van der Waals surface area contributed by atoms with Crippen molar-refractivity contribution in [3.63, 3.8) is 0 Å². The minimum absolute atomic E-state index is 1.22. The number of pyridine rings is 1. The molecule has 0 spiro atoms. The Hall–Kier alpha value is -3.63. The zero-order valence-electron chi connectivity index (χ0n) is 20.0. The van der Waals surface area contributed by atoms with E-state index in [2.05, 4.69) is 20.7 Å². The molecule has 0 aliphatic carbocycles. The van der Waals surface area contributed by atoms with Gasteiger partial charge in [-0.05, 0) is 15.9 Å². The first-order chi connectivity index (χ1) is 20.5. The van der Waals surface area contributed by atoms with Crippen molar-refractivity contribution in [2.75, 3.05) is 0 Å². The van der Waals surface area contributed by atoms with E-state index in [0.29, 0.717) is 0 Å². The quantitative estimate of drug-likeness (QED) is 0.0994. The SMILES string of the molecule is O=c1c(-c2c(F)c(F)c(F)c(F)c2F)c(F)c2c(F)c(S(=O)(=O)O)c(F)c(F)c2n1-c1c(F)c(Cl)c(Br)c(F)c1OC(F)(F)F. The lowest BCUT2D eigenvalue weighted by Crippen LogP contribution is -2.29. The Morgan fingerprint density at radius 2 is 1.18 bits per heavy atom. The van der Waals surface area contributed by atoms with E-state index in [1.54, 1.807) is 0 Å². The van der Waals surface area contributed by atoms with Crippen LogP contribution in [0.15, 0.2) is 14.2 Å². The molecule has 0 unspecified atom stereocenters. The lowest BCUT2D eigenvalue weighted by atomic mass is 10.0. The topological polar surface area (TPSA) is 85.6 Å². The van der Waals surface area contributed by atoms with Crippen molar-refractivity contribution in [3.8, 4) is 22.6 Å². The van der Waals surface area contributed by atoms with Crippen LogP contribution in [-0.2, 0) is 10.1 Å². The van der Waals surface area contributed by atoms with Crippen LogP contribution in [0.5, 0.6) is 5.75 Å². The van der Waals surface area contributed by atoms with Gasteiger partial charge in [-0.3, -0.25) is 13.9 Å². The Labute approximate surface area is 249 Å². The molecular formula is C22HBrClF14NO5S. The summed E-state index contributed by atoms with van der Waals surface area (Å²) in [5, 5.41) is -4.30. The summed E-state index contributed by atoms with van der Waals surface area (Å²) in [6.07, 6.45) is -6.10. The Morgan fingerprint density at radius 1 is 0.689 bits per heavy atom. The van der Waals surface area contributed by atoms with Crippen LogP contribution < -0.4 is 10.3 Å². The van der Waals surface area contributed by atoms with Crippen molar-refractivity contribution in [1.29, 1.82) is 0 Å². The molecule has 0 saturated carbocycles. The second-order valence-electron chi connectivity index (χ2n) is 8.23. The van der Waals surface area contributed by atoms with Gasteiger partial charge in [0.25, 0.3) is 5.56 Å². The number of fused-ring (bicyclic) bond motifs is 1. The number of halogens is 16. The molecule has 0 fully saturated rings. The van der Waals surface area contributed by atoms with E-state index >= 15 is 17.6 Å². The molecule has 0 amide bonds. The number of ether oxygens (including phenoxy) is 1. The fraction of sp³-hybridized carbons (Fsp3) is 0.0455. The highest BCUT2D eigenvalue weighted by Crippen LogP contribution is 2.45. The van der Waals surface area contributed by atoms with Gasteiger partial charge in [0.05, 0.1) is 26.0 Å². The number of benzene rings is 3. The molecule has 6 nitrogen and oxygen atoms in total. The Balaban J connectivity index is 2.52. The van der Waals surface area contributed by atoms with Gasteiger partial charge in [-0.2, -0.15) is 8.42 Å². The van der Waals surface area contributed by atoms with Gasteiger partial charge in [0, 0.05) is 0 Å². The van der Waals surface area contributed by atoms with Crippen LogP contribution >= 0.6 is 27.5 Å². The van der Waals surface area contributed by atoms with Crippen molar-refractivity contribution in [1.82, 2.24) is 4.57 Å². The van der Waals surface area contributed by atoms with E-state index in [4.69, 9.17) is 16.2 Å². The highest BCUT2D eigenvalue weighted by molar-refractivity contribution is 9.10. The molecule has 23 heteroatoms. The molecule has 0 aliphatic heterocycles. The van der Waals surface area contributed by atoms with E-state index in [-0.39, 0.29) is 0 Å². The van der Waals surface area contributed by atoms with Crippen molar-refractivity contribution in [2.24, 2.45) is 0 Å². The van der Waals surface area contributed by atoms with Gasteiger partial charge in [0.2, 0.25) is 5.82 Å². The summed E-state index contributed by atoms with van der Waals surface area (Å²) >= 11 is 7.66. The van der Waals surface area contributed by atoms with Crippen LogP contribution in [0.3, 0.4) is 0 Å². The number of alkyl halides is 3. The zero-order chi connectivity index (χ0) is 34.4. The second kappa shape index (κ2) is 11.0. The molecule has 0 radical (unpaired) electrons. The molecule has 45 heavy (non-hydrogen) atoms. The van der Waals surface area contributed by atoms with Crippen LogP contribution in [0.25, 0.3) is 27.7 Å². The van der Waals surface area contributed by atoms with Crippen LogP contribution in [-0.4, -0.2) is 23.9 Å². The van der Waals surface area contributed by atoms with Crippen LogP contribution in [0.2, 0.25) is 5.02 Å².